The summed E-state index contributed by atoms with van der Waals surface area (Å²) in [5, 5.41) is 7.03. The lowest BCUT2D eigenvalue weighted by Gasteiger charge is -2.09. The first-order chi connectivity index (χ1) is 12.2. The summed E-state index contributed by atoms with van der Waals surface area (Å²) < 4.78 is 29.6. The lowest BCUT2D eigenvalue weighted by Crippen LogP contribution is -2.28. The molecule has 1 saturated heterocycles. The second-order valence-electron chi connectivity index (χ2n) is 5.83. The van der Waals surface area contributed by atoms with E-state index in [0.29, 0.717) is 17.7 Å². The van der Waals surface area contributed by atoms with Crippen LogP contribution in [-0.2, 0) is 24.2 Å². The number of hydrogen-bond donors (Lipinski definition) is 1. The number of nitrogens with one attached hydrogen (secondary N) is 1. The zero-order valence-corrected chi connectivity index (χ0v) is 15.8. The average molecular weight is 402 g/mol. The van der Waals surface area contributed by atoms with Crippen LogP contribution in [0.15, 0.2) is 18.7 Å². The molecule has 1 aliphatic rings. The Kier molecular flexibility index (Phi) is 6.60. The van der Waals surface area contributed by atoms with Gasteiger partial charge in [-0.15, -0.1) is 6.58 Å². The molecule has 26 heavy (non-hydrogen) atoms. The van der Waals surface area contributed by atoms with Crippen molar-refractivity contribution in [3.05, 3.63) is 35.1 Å². The summed E-state index contributed by atoms with van der Waals surface area (Å²) in [5.74, 6) is -1.03. The Bertz CT molecular complexity index is 844. The van der Waals surface area contributed by atoms with Gasteiger partial charge in [-0.3, -0.25) is 4.79 Å². The molecule has 1 atom stereocenters. The van der Waals surface area contributed by atoms with Gasteiger partial charge >= 0.3 is 5.97 Å². The molecule has 0 aromatic carbocycles. The molecular formula is C16H20ClN3O5S. The molecule has 1 fully saturated rings. The molecule has 0 spiro atoms. The summed E-state index contributed by atoms with van der Waals surface area (Å²) in [6, 6.07) is -0.311. The number of rotatable bonds is 7. The maximum Gasteiger partial charge on any atom is 0.331 e. The minimum Gasteiger partial charge on any atom is -0.452 e. The van der Waals surface area contributed by atoms with Gasteiger partial charge in [-0.1, -0.05) is 17.7 Å². The van der Waals surface area contributed by atoms with Crippen LogP contribution in [0.2, 0.25) is 5.15 Å². The fraction of sp³-hybridized carbons (Fsp3) is 0.438. The Balaban J connectivity index is 2.01. The molecule has 0 saturated carbocycles. The van der Waals surface area contributed by atoms with E-state index in [1.165, 1.54) is 16.8 Å². The number of nitrogens with zero attached hydrogens (tertiary/aromatic N) is 2. The normalized spacial score (nSPS) is 18.8. The van der Waals surface area contributed by atoms with E-state index in [1.54, 1.807) is 6.92 Å². The summed E-state index contributed by atoms with van der Waals surface area (Å²) in [6.45, 7) is 5.06. The van der Waals surface area contributed by atoms with E-state index in [2.05, 4.69) is 17.0 Å². The predicted octanol–water partition coefficient (Wildman–Crippen LogP) is 1.06. The van der Waals surface area contributed by atoms with Crippen molar-refractivity contribution in [1.29, 1.82) is 0 Å². The van der Waals surface area contributed by atoms with Crippen molar-refractivity contribution < 1.29 is 22.7 Å². The van der Waals surface area contributed by atoms with Gasteiger partial charge in [0.15, 0.2) is 16.4 Å². The highest BCUT2D eigenvalue weighted by Crippen LogP contribution is 2.30. The third-order valence-corrected chi connectivity index (χ3v) is 5.93. The Labute approximate surface area is 156 Å². The van der Waals surface area contributed by atoms with Crippen molar-refractivity contribution in [3.63, 3.8) is 0 Å². The van der Waals surface area contributed by atoms with Gasteiger partial charge in [0.05, 0.1) is 23.2 Å². The van der Waals surface area contributed by atoms with Crippen LogP contribution in [0.3, 0.4) is 0 Å². The van der Waals surface area contributed by atoms with Crippen LogP contribution in [0, 0.1) is 6.92 Å². The number of esters is 1. The van der Waals surface area contributed by atoms with Crippen LogP contribution < -0.4 is 5.32 Å². The van der Waals surface area contributed by atoms with Crippen molar-refractivity contribution in [3.8, 4) is 0 Å². The number of aryl methyl sites for hydroxylation is 1. The Morgan fingerprint density at radius 2 is 2.23 bits per heavy atom. The van der Waals surface area contributed by atoms with Crippen LogP contribution in [0.5, 0.6) is 0 Å². The van der Waals surface area contributed by atoms with Gasteiger partial charge in [-0.2, -0.15) is 5.10 Å². The molecule has 1 aliphatic heterocycles. The van der Waals surface area contributed by atoms with E-state index >= 15 is 0 Å². The minimum atomic E-state index is -3.07. The third kappa shape index (κ3) is 5.18. The second-order valence-corrected chi connectivity index (χ2v) is 8.41. The van der Waals surface area contributed by atoms with Gasteiger partial charge in [0.25, 0.3) is 5.91 Å². The molecule has 1 aromatic heterocycles. The third-order valence-electron chi connectivity index (χ3n) is 3.80. The van der Waals surface area contributed by atoms with Gasteiger partial charge < -0.3 is 10.1 Å². The molecule has 1 aromatic rings. The molecular weight excluding hydrogens is 382 g/mol. The monoisotopic (exact) mass is 401 g/mol. The standard InChI is InChI=1S/C16H20ClN3O5S/c1-3-7-18-14(21)9-25-15(22)5-4-13-11(2)19-20(16(13)17)12-6-8-26(23,24)10-12/h3-5,12H,1,6-10H2,2H3,(H,18,21)/b5-4+/t12-/m0/s1. The molecule has 0 unspecified atom stereocenters. The molecule has 2 rings (SSSR count). The summed E-state index contributed by atoms with van der Waals surface area (Å²) in [7, 11) is -3.07. The zero-order valence-electron chi connectivity index (χ0n) is 14.3. The van der Waals surface area contributed by atoms with Gasteiger partial charge in [0, 0.05) is 18.2 Å². The average Bonchev–Trinajstić information content (AvgIpc) is 3.08. The van der Waals surface area contributed by atoms with Crippen LogP contribution in [-0.4, -0.2) is 54.7 Å². The second kappa shape index (κ2) is 8.50. The van der Waals surface area contributed by atoms with Gasteiger partial charge in [-0.05, 0) is 19.4 Å². The highest BCUT2D eigenvalue weighted by molar-refractivity contribution is 7.91. The number of hydrogen-bond acceptors (Lipinski definition) is 6. The highest BCUT2D eigenvalue weighted by Gasteiger charge is 2.31. The SMILES string of the molecule is C=CCNC(=O)COC(=O)/C=C/c1c(C)nn([C@H]2CCS(=O)(=O)C2)c1Cl. The van der Waals surface area contributed by atoms with E-state index in [1.807, 2.05) is 0 Å². The van der Waals surface area contributed by atoms with Crippen LogP contribution >= 0.6 is 11.6 Å². The number of ether oxygens (including phenoxy) is 1. The molecule has 10 heteroatoms. The van der Waals surface area contributed by atoms with E-state index in [0.717, 1.165) is 6.08 Å². The van der Waals surface area contributed by atoms with E-state index in [9.17, 15) is 18.0 Å². The lowest BCUT2D eigenvalue weighted by atomic mass is 10.2. The molecule has 2 heterocycles. The van der Waals surface area contributed by atoms with Gasteiger partial charge in [0.1, 0.15) is 5.15 Å². The lowest BCUT2D eigenvalue weighted by molar-refractivity contribution is -0.143. The molecule has 8 nitrogen and oxygen atoms in total. The summed E-state index contributed by atoms with van der Waals surface area (Å²) in [5.41, 5.74) is 1.07. The first-order valence-corrected chi connectivity index (χ1v) is 10.1. The number of sulfone groups is 1. The van der Waals surface area contributed by atoms with Crippen molar-refractivity contribution in [2.75, 3.05) is 24.7 Å². The van der Waals surface area contributed by atoms with Crippen molar-refractivity contribution >= 4 is 39.4 Å². The van der Waals surface area contributed by atoms with Crippen molar-refractivity contribution in [2.45, 2.75) is 19.4 Å². The Morgan fingerprint density at radius 1 is 1.50 bits per heavy atom. The van der Waals surface area contributed by atoms with Crippen LogP contribution in [0.25, 0.3) is 6.08 Å². The molecule has 1 amide bonds. The smallest absolute Gasteiger partial charge is 0.331 e. The highest BCUT2D eigenvalue weighted by atomic mass is 35.5. The van der Waals surface area contributed by atoms with E-state index in [-0.39, 0.29) is 29.2 Å². The first-order valence-electron chi connectivity index (χ1n) is 7.91. The number of carbonyl (C=O) groups is 2. The fourth-order valence-electron chi connectivity index (χ4n) is 2.50. The number of amides is 1. The zero-order chi connectivity index (χ0) is 19.3. The summed E-state index contributed by atoms with van der Waals surface area (Å²) >= 11 is 6.30. The van der Waals surface area contributed by atoms with Crippen molar-refractivity contribution in [2.24, 2.45) is 0 Å². The molecule has 1 N–H and O–H groups in total. The molecule has 0 aliphatic carbocycles. The topological polar surface area (TPSA) is 107 Å². The largest absolute Gasteiger partial charge is 0.452 e. The molecule has 0 bridgehead atoms. The maximum atomic E-state index is 11.7. The summed E-state index contributed by atoms with van der Waals surface area (Å²) in [6.07, 6.45) is 4.55. The maximum absolute atomic E-state index is 11.7. The van der Waals surface area contributed by atoms with E-state index in [4.69, 9.17) is 16.3 Å². The minimum absolute atomic E-state index is 0.00113. The van der Waals surface area contributed by atoms with Gasteiger partial charge in [0.2, 0.25) is 0 Å². The van der Waals surface area contributed by atoms with Crippen molar-refractivity contribution in [1.82, 2.24) is 15.1 Å². The number of aromatic nitrogens is 2. The van der Waals surface area contributed by atoms with Gasteiger partial charge in [-0.25, -0.2) is 17.9 Å². The molecule has 0 radical (unpaired) electrons. The molecule has 142 valence electrons. The summed E-state index contributed by atoms with van der Waals surface area (Å²) in [4.78, 5) is 23.1. The number of halogens is 1. The predicted molar refractivity (Wildman–Crippen MR) is 97.5 cm³/mol. The fourth-order valence-corrected chi connectivity index (χ4v) is 4.57. The van der Waals surface area contributed by atoms with Crippen LogP contribution in [0.4, 0.5) is 0 Å². The first kappa shape index (κ1) is 20.2. The Morgan fingerprint density at radius 3 is 2.85 bits per heavy atom. The van der Waals surface area contributed by atoms with Crippen LogP contribution in [0.1, 0.15) is 23.7 Å². The van der Waals surface area contributed by atoms with E-state index < -0.39 is 28.3 Å². The number of carbonyl (C=O) groups excluding carboxylic acids is 2. The quantitative estimate of drug-likeness (QED) is 0.416. The Hall–Kier alpha value is -2.13.